The predicted molar refractivity (Wildman–Crippen MR) is 107 cm³/mol. The molecule has 3 aromatic rings. The first-order valence-electron chi connectivity index (χ1n) is 9.70. The second kappa shape index (κ2) is 8.57. The molecule has 1 aromatic heterocycles. The van der Waals surface area contributed by atoms with Gasteiger partial charge in [-0.15, -0.1) is 0 Å². The molecule has 2 heterocycles. The minimum atomic E-state index is -4.54. The number of anilines is 1. The van der Waals surface area contributed by atoms with Crippen LogP contribution in [0.5, 0.6) is 0 Å². The topological polar surface area (TPSA) is 37.4 Å². The number of aromatic nitrogens is 1. The van der Waals surface area contributed by atoms with Crippen LogP contribution >= 0.6 is 0 Å². The summed E-state index contributed by atoms with van der Waals surface area (Å²) in [6.45, 7) is 2.89. The van der Waals surface area contributed by atoms with Crippen molar-refractivity contribution in [2.45, 2.75) is 12.2 Å². The van der Waals surface area contributed by atoms with Crippen LogP contribution in [-0.4, -0.2) is 42.7 Å². The third kappa shape index (κ3) is 4.55. The molecule has 0 unspecified atom stereocenters. The van der Waals surface area contributed by atoms with Gasteiger partial charge in [0.2, 0.25) is 0 Å². The van der Waals surface area contributed by atoms with Crippen LogP contribution in [0.1, 0.15) is 17.3 Å². The van der Waals surface area contributed by atoms with Crippen molar-refractivity contribution < 1.29 is 22.3 Å². The van der Waals surface area contributed by atoms with E-state index in [2.05, 4.69) is 15.2 Å². The normalized spacial score (nSPS) is 16.5. The summed E-state index contributed by atoms with van der Waals surface area (Å²) in [5.74, 6) is -0.331. The number of nitrogens with one attached hydrogen (secondary N) is 1. The maximum atomic E-state index is 13.4. The van der Waals surface area contributed by atoms with Crippen molar-refractivity contribution in [3.8, 4) is 0 Å². The highest BCUT2D eigenvalue weighted by atomic mass is 19.4. The summed E-state index contributed by atoms with van der Waals surface area (Å²) in [6, 6.07) is 13.8. The number of hydrogen-bond donors (Lipinski definition) is 1. The summed E-state index contributed by atoms with van der Waals surface area (Å²) in [7, 11) is 0. The van der Waals surface area contributed by atoms with Crippen molar-refractivity contribution in [1.29, 1.82) is 0 Å². The number of fused-ring (bicyclic) bond motifs is 1. The number of benzene rings is 2. The zero-order valence-electron chi connectivity index (χ0n) is 16.1. The Balaban J connectivity index is 1.66. The van der Waals surface area contributed by atoms with Gasteiger partial charge in [-0.2, -0.15) is 13.2 Å². The van der Waals surface area contributed by atoms with Crippen molar-refractivity contribution in [3.63, 3.8) is 0 Å². The average Bonchev–Trinajstić information content (AvgIpc) is 2.75. The maximum Gasteiger partial charge on any atom is 0.433 e. The van der Waals surface area contributed by atoms with Crippen LogP contribution in [0.4, 0.5) is 23.2 Å². The third-order valence-electron chi connectivity index (χ3n) is 5.23. The number of halogens is 4. The minimum absolute atomic E-state index is 0.143. The van der Waals surface area contributed by atoms with E-state index in [9.17, 15) is 17.6 Å². The zero-order chi connectivity index (χ0) is 21.1. The molecular formula is C22H21F4N3O. The van der Waals surface area contributed by atoms with Gasteiger partial charge in [-0.25, -0.2) is 9.37 Å². The van der Waals surface area contributed by atoms with Gasteiger partial charge >= 0.3 is 6.18 Å². The monoisotopic (exact) mass is 419 g/mol. The van der Waals surface area contributed by atoms with Crippen molar-refractivity contribution in [2.24, 2.45) is 0 Å². The van der Waals surface area contributed by atoms with Gasteiger partial charge in [0.1, 0.15) is 11.5 Å². The van der Waals surface area contributed by atoms with Crippen LogP contribution in [0, 0.1) is 5.82 Å². The number of para-hydroxylation sites is 1. The molecule has 1 aliphatic rings. The predicted octanol–water partition coefficient (Wildman–Crippen LogP) is 4.88. The SMILES string of the molecule is Fc1ccc([C@H](CNc2cc(C(F)(F)F)nc3ccccc23)N2CCOCC2)cc1. The van der Waals surface area contributed by atoms with Gasteiger partial charge in [-0.05, 0) is 29.8 Å². The fourth-order valence-electron chi connectivity index (χ4n) is 3.71. The number of hydrogen-bond acceptors (Lipinski definition) is 4. The number of morpholine rings is 1. The lowest BCUT2D eigenvalue weighted by Gasteiger charge is -2.35. The number of ether oxygens (including phenoxy) is 1. The Kier molecular flexibility index (Phi) is 5.87. The highest BCUT2D eigenvalue weighted by Crippen LogP contribution is 2.33. The van der Waals surface area contributed by atoms with E-state index in [1.54, 1.807) is 36.4 Å². The highest BCUT2D eigenvalue weighted by molar-refractivity contribution is 5.91. The first kappa shape index (κ1) is 20.6. The molecule has 8 heteroatoms. The van der Waals surface area contributed by atoms with E-state index in [4.69, 9.17) is 4.74 Å². The van der Waals surface area contributed by atoms with Gasteiger partial charge in [0, 0.05) is 30.7 Å². The van der Waals surface area contributed by atoms with Gasteiger partial charge in [-0.3, -0.25) is 4.90 Å². The molecule has 0 radical (unpaired) electrons. The van der Waals surface area contributed by atoms with E-state index >= 15 is 0 Å². The summed E-state index contributed by atoms with van der Waals surface area (Å²) in [4.78, 5) is 5.95. The molecule has 0 aliphatic carbocycles. The molecule has 1 fully saturated rings. The zero-order valence-corrected chi connectivity index (χ0v) is 16.1. The van der Waals surface area contributed by atoms with Gasteiger partial charge in [0.15, 0.2) is 0 Å². The number of alkyl halides is 3. The van der Waals surface area contributed by atoms with Gasteiger partial charge in [0.25, 0.3) is 0 Å². The standard InChI is InChI=1S/C22H21F4N3O/c23-16-7-5-15(6-8-16)20(29-9-11-30-12-10-29)14-27-19-13-21(22(24,25)26)28-18-4-2-1-3-17(18)19/h1-8,13,20H,9-12,14H2,(H,27,28)/t20-/m0/s1. The third-order valence-corrected chi connectivity index (χ3v) is 5.23. The van der Waals surface area contributed by atoms with Crippen LogP contribution < -0.4 is 5.32 Å². The van der Waals surface area contributed by atoms with E-state index < -0.39 is 11.9 Å². The second-order valence-electron chi connectivity index (χ2n) is 7.17. The van der Waals surface area contributed by atoms with Gasteiger partial charge < -0.3 is 10.1 Å². The molecule has 1 saturated heterocycles. The summed E-state index contributed by atoms with van der Waals surface area (Å²) < 4.78 is 58.9. The molecule has 0 amide bonds. The second-order valence-corrected chi connectivity index (χ2v) is 7.17. The van der Waals surface area contributed by atoms with E-state index in [-0.39, 0.29) is 17.4 Å². The molecule has 2 aromatic carbocycles. The Morgan fingerprint density at radius 1 is 1.03 bits per heavy atom. The molecule has 30 heavy (non-hydrogen) atoms. The van der Waals surface area contributed by atoms with Crippen LogP contribution in [0.3, 0.4) is 0 Å². The first-order chi connectivity index (χ1) is 14.4. The largest absolute Gasteiger partial charge is 0.433 e. The molecular weight excluding hydrogens is 398 g/mol. The molecule has 0 bridgehead atoms. The van der Waals surface area contributed by atoms with Crippen molar-refractivity contribution in [2.75, 3.05) is 38.2 Å². The molecule has 0 spiro atoms. The number of rotatable bonds is 5. The Morgan fingerprint density at radius 2 is 1.73 bits per heavy atom. The van der Waals surface area contributed by atoms with Crippen molar-refractivity contribution in [3.05, 3.63) is 71.7 Å². The van der Waals surface area contributed by atoms with Crippen LogP contribution in [0.2, 0.25) is 0 Å². The lowest BCUT2D eigenvalue weighted by Crippen LogP contribution is -2.41. The summed E-state index contributed by atoms with van der Waals surface area (Å²) in [5.41, 5.74) is 0.599. The molecule has 4 nitrogen and oxygen atoms in total. The van der Waals surface area contributed by atoms with E-state index in [1.807, 2.05) is 0 Å². The number of nitrogens with zero attached hydrogens (tertiary/aromatic N) is 2. The van der Waals surface area contributed by atoms with Crippen molar-refractivity contribution >= 4 is 16.6 Å². The lowest BCUT2D eigenvalue weighted by molar-refractivity contribution is -0.140. The molecule has 0 saturated carbocycles. The molecule has 4 rings (SSSR count). The highest BCUT2D eigenvalue weighted by Gasteiger charge is 2.33. The molecule has 1 N–H and O–H groups in total. The van der Waals surface area contributed by atoms with E-state index in [0.717, 1.165) is 11.6 Å². The van der Waals surface area contributed by atoms with Crippen molar-refractivity contribution in [1.82, 2.24) is 9.88 Å². The maximum absolute atomic E-state index is 13.4. The summed E-state index contributed by atoms with van der Waals surface area (Å²) in [5, 5.41) is 3.81. The Morgan fingerprint density at radius 3 is 2.43 bits per heavy atom. The van der Waals surface area contributed by atoms with Gasteiger partial charge in [-0.1, -0.05) is 30.3 Å². The van der Waals surface area contributed by atoms with Crippen LogP contribution in [0.15, 0.2) is 54.6 Å². The lowest BCUT2D eigenvalue weighted by atomic mass is 10.0. The number of pyridine rings is 1. The smallest absolute Gasteiger partial charge is 0.383 e. The van der Waals surface area contributed by atoms with Crippen LogP contribution in [-0.2, 0) is 10.9 Å². The summed E-state index contributed by atoms with van der Waals surface area (Å²) in [6.07, 6.45) is -4.54. The van der Waals surface area contributed by atoms with Crippen LogP contribution in [0.25, 0.3) is 10.9 Å². The van der Waals surface area contributed by atoms with E-state index in [1.165, 1.54) is 12.1 Å². The Hall–Kier alpha value is -2.71. The fourth-order valence-corrected chi connectivity index (χ4v) is 3.71. The Bertz CT molecular complexity index is 1000. The van der Waals surface area contributed by atoms with E-state index in [0.29, 0.717) is 43.9 Å². The van der Waals surface area contributed by atoms with Gasteiger partial charge in [0.05, 0.1) is 24.8 Å². The Labute approximate surface area is 171 Å². The molecule has 158 valence electrons. The first-order valence-corrected chi connectivity index (χ1v) is 9.70. The fraction of sp³-hybridized carbons (Fsp3) is 0.318. The average molecular weight is 419 g/mol. The quantitative estimate of drug-likeness (QED) is 0.599. The summed E-state index contributed by atoms with van der Waals surface area (Å²) >= 11 is 0. The minimum Gasteiger partial charge on any atom is -0.383 e. The molecule has 1 aliphatic heterocycles. The molecule has 1 atom stereocenters.